The second kappa shape index (κ2) is 5.12. The van der Waals surface area contributed by atoms with Crippen LogP contribution in [0.1, 0.15) is 12.8 Å². The van der Waals surface area contributed by atoms with Crippen LogP contribution in [0.4, 0.5) is 0 Å². The molecule has 1 heterocycles. The van der Waals surface area contributed by atoms with Gasteiger partial charge in [-0.15, -0.1) is 0 Å². The molecule has 3 rings (SSSR count). The van der Waals surface area contributed by atoms with E-state index < -0.39 is 16.1 Å². The molecule has 0 amide bonds. The van der Waals surface area contributed by atoms with Crippen LogP contribution in [-0.2, 0) is 10.0 Å². The Hall–Kier alpha value is -1.50. The van der Waals surface area contributed by atoms with Crippen LogP contribution in [0.25, 0.3) is 10.9 Å². The van der Waals surface area contributed by atoms with Gasteiger partial charge in [0, 0.05) is 18.1 Å². The number of nitrogens with zero attached hydrogens (tertiary/aromatic N) is 1. The molecule has 1 aromatic carbocycles. The van der Waals surface area contributed by atoms with Gasteiger partial charge in [-0.05, 0) is 43.0 Å². The molecular formula is C14H16N2O3S. The van der Waals surface area contributed by atoms with E-state index in [1.54, 1.807) is 36.5 Å². The number of hydrogen-bond donors (Lipinski definition) is 2. The number of aliphatic hydroxyl groups is 1. The van der Waals surface area contributed by atoms with E-state index in [0.717, 1.165) is 12.8 Å². The van der Waals surface area contributed by atoms with E-state index in [1.807, 2.05) is 0 Å². The van der Waals surface area contributed by atoms with Gasteiger partial charge in [-0.25, -0.2) is 13.1 Å². The number of aromatic nitrogens is 1. The summed E-state index contributed by atoms with van der Waals surface area (Å²) in [5, 5.41) is 10.4. The lowest BCUT2D eigenvalue weighted by Gasteiger charge is -2.12. The lowest BCUT2D eigenvalue weighted by atomic mass is 10.2. The normalized spacial score (nSPS) is 17.2. The minimum absolute atomic E-state index is 0.0592. The summed E-state index contributed by atoms with van der Waals surface area (Å²) >= 11 is 0. The molecule has 1 saturated carbocycles. The lowest BCUT2D eigenvalue weighted by Crippen LogP contribution is -2.33. The van der Waals surface area contributed by atoms with Crippen molar-refractivity contribution in [3.05, 3.63) is 36.5 Å². The largest absolute Gasteiger partial charge is 0.391 e. The summed E-state index contributed by atoms with van der Waals surface area (Å²) in [6.07, 6.45) is 2.98. The average molecular weight is 292 g/mol. The maximum atomic E-state index is 12.3. The Balaban J connectivity index is 1.88. The molecule has 1 aliphatic rings. The predicted molar refractivity (Wildman–Crippen MR) is 75.7 cm³/mol. The molecule has 2 N–H and O–H groups in total. The molecule has 0 bridgehead atoms. The number of benzene rings is 1. The third-order valence-electron chi connectivity index (χ3n) is 3.54. The van der Waals surface area contributed by atoms with Crippen LogP contribution >= 0.6 is 0 Å². The standard InChI is InChI=1S/C14H16N2O3S/c17-13(10-6-7-10)9-16-20(18,19)14-5-1-4-12-11(14)3-2-8-15-12/h1-5,8,10,13,16-17H,6-7,9H2. The Kier molecular flexibility index (Phi) is 3.45. The van der Waals surface area contributed by atoms with Gasteiger partial charge in [-0.2, -0.15) is 0 Å². The van der Waals surface area contributed by atoms with Gasteiger partial charge in [0.25, 0.3) is 0 Å². The van der Waals surface area contributed by atoms with Crippen LogP contribution < -0.4 is 4.72 Å². The minimum Gasteiger partial charge on any atom is -0.391 e. The molecule has 0 aliphatic heterocycles. The number of sulfonamides is 1. The van der Waals surface area contributed by atoms with E-state index in [1.165, 1.54) is 0 Å². The molecule has 0 radical (unpaired) electrons. The average Bonchev–Trinajstić information content (AvgIpc) is 3.29. The van der Waals surface area contributed by atoms with Crippen LogP contribution in [-0.4, -0.2) is 31.2 Å². The number of rotatable bonds is 5. The minimum atomic E-state index is -3.64. The Morgan fingerprint density at radius 2 is 2.10 bits per heavy atom. The summed E-state index contributed by atoms with van der Waals surface area (Å²) in [7, 11) is -3.64. The Labute approximate surface area is 117 Å². The highest BCUT2D eigenvalue weighted by atomic mass is 32.2. The highest BCUT2D eigenvalue weighted by molar-refractivity contribution is 7.89. The molecule has 6 heteroatoms. The van der Waals surface area contributed by atoms with Crippen LogP contribution in [0, 0.1) is 5.92 Å². The molecule has 1 fully saturated rings. The van der Waals surface area contributed by atoms with Crippen molar-refractivity contribution < 1.29 is 13.5 Å². The van der Waals surface area contributed by atoms with Crippen molar-refractivity contribution in [1.82, 2.24) is 9.71 Å². The Morgan fingerprint density at radius 3 is 2.85 bits per heavy atom. The van der Waals surface area contributed by atoms with Gasteiger partial charge in [-0.3, -0.25) is 4.98 Å². The fraction of sp³-hybridized carbons (Fsp3) is 0.357. The topological polar surface area (TPSA) is 79.3 Å². The molecule has 106 valence electrons. The molecule has 1 aromatic heterocycles. The van der Waals surface area contributed by atoms with Crippen LogP contribution in [0.2, 0.25) is 0 Å². The van der Waals surface area contributed by atoms with Gasteiger partial charge in [0.1, 0.15) is 0 Å². The summed E-state index contributed by atoms with van der Waals surface area (Å²) in [6, 6.07) is 8.43. The molecular weight excluding hydrogens is 276 g/mol. The maximum absolute atomic E-state index is 12.3. The van der Waals surface area contributed by atoms with Crippen molar-refractivity contribution in [2.45, 2.75) is 23.8 Å². The third kappa shape index (κ3) is 2.67. The zero-order chi connectivity index (χ0) is 14.2. The summed E-state index contributed by atoms with van der Waals surface area (Å²) < 4.78 is 27.2. The fourth-order valence-corrected chi connectivity index (χ4v) is 3.50. The van der Waals surface area contributed by atoms with E-state index in [-0.39, 0.29) is 17.4 Å². The number of nitrogens with one attached hydrogen (secondary N) is 1. The highest BCUT2D eigenvalue weighted by Crippen LogP contribution is 2.32. The van der Waals surface area contributed by atoms with Crippen molar-refractivity contribution in [1.29, 1.82) is 0 Å². The van der Waals surface area contributed by atoms with Gasteiger partial charge in [0.2, 0.25) is 10.0 Å². The summed E-state index contributed by atoms with van der Waals surface area (Å²) in [6.45, 7) is 0.0592. The molecule has 1 atom stereocenters. The van der Waals surface area contributed by atoms with E-state index in [9.17, 15) is 13.5 Å². The van der Waals surface area contributed by atoms with E-state index in [4.69, 9.17) is 0 Å². The van der Waals surface area contributed by atoms with Crippen molar-refractivity contribution >= 4 is 20.9 Å². The van der Waals surface area contributed by atoms with Gasteiger partial charge >= 0.3 is 0 Å². The molecule has 20 heavy (non-hydrogen) atoms. The van der Waals surface area contributed by atoms with Gasteiger partial charge in [0.05, 0.1) is 16.5 Å². The van der Waals surface area contributed by atoms with E-state index >= 15 is 0 Å². The molecule has 0 spiro atoms. The maximum Gasteiger partial charge on any atom is 0.241 e. The first kappa shape index (κ1) is 13.5. The van der Waals surface area contributed by atoms with Crippen LogP contribution in [0.3, 0.4) is 0 Å². The van der Waals surface area contributed by atoms with Crippen LogP contribution in [0.15, 0.2) is 41.4 Å². The Morgan fingerprint density at radius 1 is 1.30 bits per heavy atom. The second-order valence-corrected chi connectivity index (χ2v) is 6.82. The smallest absolute Gasteiger partial charge is 0.241 e. The molecule has 5 nitrogen and oxygen atoms in total. The van der Waals surface area contributed by atoms with Gasteiger partial charge < -0.3 is 5.11 Å². The van der Waals surface area contributed by atoms with Gasteiger partial charge in [0.15, 0.2) is 0 Å². The SMILES string of the molecule is O=S(=O)(NCC(O)C1CC1)c1cccc2ncccc12. The van der Waals surface area contributed by atoms with E-state index in [0.29, 0.717) is 10.9 Å². The predicted octanol–water partition coefficient (Wildman–Crippen LogP) is 1.28. The number of fused-ring (bicyclic) bond motifs is 1. The molecule has 0 saturated heterocycles. The first-order valence-corrected chi connectivity index (χ1v) is 8.08. The zero-order valence-electron chi connectivity index (χ0n) is 10.9. The molecule has 1 aliphatic carbocycles. The van der Waals surface area contributed by atoms with Crippen molar-refractivity contribution in [3.8, 4) is 0 Å². The number of aliphatic hydroxyl groups excluding tert-OH is 1. The first-order chi connectivity index (χ1) is 9.58. The monoisotopic (exact) mass is 292 g/mol. The third-order valence-corrected chi connectivity index (χ3v) is 5.03. The first-order valence-electron chi connectivity index (χ1n) is 6.59. The van der Waals surface area contributed by atoms with Crippen molar-refractivity contribution in [3.63, 3.8) is 0 Å². The van der Waals surface area contributed by atoms with Crippen molar-refractivity contribution in [2.24, 2.45) is 5.92 Å². The number of pyridine rings is 1. The zero-order valence-corrected chi connectivity index (χ0v) is 11.7. The van der Waals surface area contributed by atoms with Crippen molar-refractivity contribution in [2.75, 3.05) is 6.54 Å². The fourth-order valence-electron chi connectivity index (χ4n) is 2.23. The van der Waals surface area contributed by atoms with Gasteiger partial charge in [-0.1, -0.05) is 6.07 Å². The number of hydrogen-bond acceptors (Lipinski definition) is 4. The van der Waals surface area contributed by atoms with Crippen LogP contribution in [0.5, 0.6) is 0 Å². The van der Waals surface area contributed by atoms with E-state index in [2.05, 4.69) is 9.71 Å². The highest BCUT2D eigenvalue weighted by Gasteiger charge is 2.30. The summed E-state index contributed by atoms with van der Waals surface area (Å²) in [4.78, 5) is 4.35. The molecule has 2 aromatic rings. The summed E-state index contributed by atoms with van der Waals surface area (Å²) in [5.74, 6) is 0.242. The second-order valence-electron chi connectivity index (χ2n) is 5.08. The quantitative estimate of drug-likeness (QED) is 0.870. The molecule has 1 unspecified atom stereocenters. The lowest BCUT2D eigenvalue weighted by molar-refractivity contribution is 0.155. The summed E-state index contributed by atoms with van der Waals surface area (Å²) in [5.41, 5.74) is 0.637. The Bertz CT molecular complexity index is 721.